The average molecular weight is 214 g/mol. The molecule has 0 saturated heterocycles. The van der Waals surface area contributed by atoms with Crippen LogP contribution >= 0.6 is 0 Å². The Labute approximate surface area is 94.2 Å². The van der Waals surface area contributed by atoms with Crippen molar-refractivity contribution in [2.45, 2.75) is 0 Å². The standard InChI is InChI=1S/C12H14N4/c13-9-1-5-11(6-2-9)15-16-12-7-3-10(14)4-8-12/h1-8,15-16H,13-14H2. The molecule has 0 bridgehead atoms. The first-order valence-electron chi connectivity index (χ1n) is 4.97. The summed E-state index contributed by atoms with van der Waals surface area (Å²) in [6, 6.07) is 15.0. The highest BCUT2D eigenvalue weighted by Gasteiger charge is 1.92. The second-order valence-electron chi connectivity index (χ2n) is 3.49. The van der Waals surface area contributed by atoms with E-state index in [1.165, 1.54) is 0 Å². The van der Waals surface area contributed by atoms with Gasteiger partial charge < -0.3 is 22.3 Å². The highest BCUT2D eigenvalue weighted by atomic mass is 15.4. The van der Waals surface area contributed by atoms with Gasteiger partial charge in [0.2, 0.25) is 0 Å². The number of hydrogen-bond donors (Lipinski definition) is 4. The Kier molecular flexibility index (Phi) is 2.82. The fourth-order valence-corrected chi connectivity index (χ4v) is 1.28. The van der Waals surface area contributed by atoms with E-state index in [1.807, 2.05) is 48.5 Å². The van der Waals surface area contributed by atoms with Gasteiger partial charge in [-0.2, -0.15) is 0 Å². The minimum Gasteiger partial charge on any atom is -0.399 e. The fraction of sp³-hybridized carbons (Fsp3) is 0. The predicted molar refractivity (Wildman–Crippen MR) is 69.0 cm³/mol. The molecule has 16 heavy (non-hydrogen) atoms. The van der Waals surface area contributed by atoms with E-state index >= 15 is 0 Å². The van der Waals surface area contributed by atoms with Gasteiger partial charge in [0.1, 0.15) is 0 Å². The molecule has 0 aliphatic carbocycles. The zero-order chi connectivity index (χ0) is 11.4. The van der Waals surface area contributed by atoms with Crippen molar-refractivity contribution in [2.24, 2.45) is 0 Å². The summed E-state index contributed by atoms with van der Waals surface area (Å²) in [5, 5.41) is 0. The second-order valence-corrected chi connectivity index (χ2v) is 3.49. The number of nitrogen functional groups attached to an aromatic ring is 2. The minimum absolute atomic E-state index is 0.748. The lowest BCUT2D eigenvalue weighted by Crippen LogP contribution is -2.08. The molecule has 0 amide bonds. The molecule has 0 unspecified atom stereocenters. The van der Waals surface area contributed by atoms with E-state index in [-0.39, 0.29) is 0 Å². The van der Waals surface area contributed by atoms with E-state index in [9.17, 15) is 0 Å². The zero-order valence-electron chi connectivity index (χ0n) is 8.77. The molecule has 0 radical (unpaired) electrons. The third-order valence-corrected chi connectivity index (χ3v) is 2.17. The van der Waals surface area contributed by atoms with Crippen LogP contribution in [0.15, 0.2) is 48.5 Å². The lowest BCUT2D eigenvalue weighted by Gasteiger charge is -2.09. The van der Waals surface area contributed by atoms with Crippen molar-refractivity contribution in [3.05, 3.63) is 48.5 Å². The topological polar surface area (TPSA) is 76.1 Å². The Balaban J connectivity index is 1.97. The predicted octanol–water partition coefficient (Wildman–Crippen LogP) is 2.29. The monoisotopic (exact) mass is 214 g/mol. The van der Waals surface area contributed by atoms with E-state index in [0.717, 1.165) is 22.7 Å². The number of nitrogens with one attached hydrogen (secondary N) is 2. The molecule has 2 rings (SSSR count). The molecule has 0 heterocycles. The zero-order valence-corrected chi connectivity index (χ0v) is 8.77. The molecule has 0 saturated carbocycles. The van der Waals surface area contributed by atoms with E-state index in [2.05, 4.69) is 10.9 Å². The molecule has 0 aromatic heterocycles. The van der Waals surface area contributed by atoms with Crippen LogP contribution < -0.4 is 22.3 Å². The highest BCUT2D eigenvalue weighted by molar-refractivity contribution is 5.57. The van der Waals surface area contributed by atoms with Crippen LogP contribution in [0.25, 0.3) is 0 Å². The quantitative estimate of drug-likeness (QED) is 0.467. The summed E-state index contributed by atoms with van der Waals surface area (Å²) in [6.45, 7) is 0. The van der Waals surface area contributed by atoms with Crippen LogP contribution in [0.4, 0.5) is 22.7 Å². The highest BCUT2D eigenvalue weighted by Crippen LogP contribution is 2.13. The van der Waals surface area contributed by atoms with Gasteiger partial charge >= 0.3 is 0 Å². The first-order chi connectivity index (χ1) is 7.74. The van der Waals surface area contributed by atoms with Crippen molar-refractivity contribution in [1.29, 1.82) is 0 Å². The van der Waals surface area contributed by atoms with E-state index in [4.69, 9.17) is 11.5 Å². The van der Waals surface area contributed by atoms with Crippen LogP contribution in [-0.4, -0.2) is 0 Å². The van der Waals surface area contributed by atoms with E-state index in [0.29, 0.717) is 0 Å². The average Bonchev–Trinajstić information content (AvgIpc) is 2.30. The van der Waals surface area contributed by atoms with Gasteiger partial charge in [0.15, 0.2) is 0 Å². The summed E-state index contributed by atoms with van der Waals surface area (Å²) < 4.78 is 0. The molecule has 0 spiro atoms. The van der Waals surface area contributed by atoms with Crippen molar-refractivity contribution in [2.75, 3.05) is 22.3 Å². The SMILES string of the molecule is Nc1ccc(NNc2ccc(N)cc2)cc1. The summed E-state index contributed by atoms with van der Waals surface area (Å²) in [7, 11) is 0. The van der Waals surface area contributed by atoms with Gasteiger partial charge in [-0.05, 0) is 48.5 Å². The van der Waals surface area contributed by atoms with Crippen LogP contribution in [0.3, 0.4) is 0 Å². The number of nitrogens with two attached hydrogens (primary N) is 2. The summed E-state index contributed by atoms with van der Waals surface area (Å²) in [5.74, 6) is 0. The fourth-order valence-electron chi connectivity index (χ4n) is 1.28. The molecule has 0 aliphatic rings. The Morgan fingerprint density at radius 2 is 0.875 bits per heavy atom. The lowest BCUT2D eigenvalue weighted by molar-refractivity contribution is 1.41. The number of hydrogen-bond acceptors (Lipinski definition) is 4. The van der Waals surface area contributed by atoms with Crippen LogP contribution in [-0.2, 0) is 0 Å². The Bertz CT molecular complexity index is 402. The van der Waals surface area contributed by atoms with Crippen molar-refractivity contribution < 1.29 is 0 Å². The van der Waals surface area contributed by atoms with Gasteiger partial charge in [-0.15, -0.1) is 0 Å². The molecule has 4 nitrogen and oxygen atoms in total. The molecular formula is C12H14N4. The number of rotatable bonds is 3. The summed E-state index contributed by atoms with van der Waals surface area (Å²) in [6.07, 6.45) is 0. The first-order valence-corrected chi connectivity index (χ1v) is 4.97. The minimum atomic E-state index is 0.748. The molecule has 0 atom stereocenters. The second kappa shape index (κ2) is 4.44. The first kappa shape index (κ1) is 10.2. The molecule has 0 fully saturated rings. The van der Waals surface area contributed by atoms with Gasteiger partial charge in [-0.3, -0.25) is 0 Å². The summed E-state index contributed by atoms with van der Waals surface area (Å²) in [5.41, 5.74) is 20.7. The molecule has 4 heteroatoms. The number of hydrazine groups is 1. The smallest absolute Gasteiger partial charge is 0.0541 e. The van der Waals surface area contributed by atoms with Gasteiger partial charge in [-0.25, -0.2) is 0 Å². The molecule has 2 aromatic carbocycles. The maximum atomic E-state index is 5.59. The van der Waals surface area contributed by atoms with Gasteiger partial charge in [0, 0.05) is 11.4 Å². The van der Waals surface area contributed by atoms with Crippen molar-refractivity contribution in [3.8, 4) is 0 Å². The van der Waals surface area contributed by atoms with Crippen LogP contribution in [0.2, 0.25) is 0 Å². The summed E-state index contributed by atoms with van der Waals surface area (Å²) >= 11 is 0. The number of anilines is 4. The largest absolute Gasteiger partial charge is 0.399 e. The van der Waals surface area contributed by atoms with E-state index < -0.39 is 0 Å². The maximum Gasteiger partial charge on any atom is 0.0541 e. The van der Waals surface area contributed by atoms with Gasteiger partial charge in [-0.1, -0.05) is 0 Å². The lowest BCUT2D eigenvalue weighted by atomic mass is 10.3. The maximum absolute atomic E-state index is 5.59. The van der Waals surface area contributed by atoms with Crippen LogP contribution in [0.1, 0.15) is 0 Å². The molecule has 82 valence electrons. The summed E-state index contributed by atoms with van der Waals surface area (Å²) in [4.78, 5) is 0. The van der Waals surface area contributed by atoms with Crippen LogP contribution in [0, 0.1) is 0 Å². The Hall–Kier alpha value is -2.36. The third kappa shape index (κ3) is 2.57. The molecule has 0 aliphatic heterocycles. The number of benzene rings is 2. The van der Waals surface area contributed by atoms with Gasteiger partial charge in [0.05, 0.1) is 11.4 Å². The van der Waals surface area contributed by atoms with E-state index in [1.54, 1.807) is 0 Å². The van der Waals surface area contributed by atoms with Crippen LogP contribution in [0.5, 0.6) is 0 Å². The molecule has 2 aromatic rings. The molecular weight excluding hydrogens is 200 g/mol. The Morgan fingerprint density at radius 3 is 1.19 bits per heavy atom. The normalized spacial score (nSPS) is 9.75. The van der Waals surface area contributed by atoms with Crippen molar-refractivity contribution in [1.82, 2.24) is 0 Å². The third-order valence-electron chi connectivity index (χ3n) is 2.17. The van der Waals surface area contributed by atoms with Crippen molar-refractivity contribution >= 4 is 22.7 Å². The molecule has 6 N–H and O–H groups in total. The van der Waals surface area contributed by atoms with Crippen molar-refractivity contribution in [3.63, 3.8) is 0 Å². The van der Waals surface area contributed by atoms with Gasteiger partial charge in [0.25, 0.3) is 0 Å². The Morgan fingerprint density at radius 1 is 0.562 bits per heavy atom.